The fraction of sp³-hybridized carbons (Fsp3) is 0.500. The van der Waals surface area contributed by atoms with Crippen molar-refractivity contribution >= 4 is 17.9 Å². The van der Waals surface area contributed by atoms with E-state index in [4.69, 9.17) is 14.2 Å². The first-order chi connectivity index (χ1) is 31.3. The van der Waals surface area contributed by atoms with Gasteiger partial charge >= 0.3 is 6.09 Å². The lowest BCUT2D eigenvalue weighted by Crippen LogP contribution is -2.45. The molecule has 0 saturated carbocycles. The highest BCUT2D eigenvalue weighted by Gasteiger charge is 2.41. The van der Waals surface area contributed by atoms with E-state index in [-0.39, 0.29) is 50.2 Å². The number of imide groups is 1. The standard InChI is InChI=1S/C54H71N3O7/c1-4-6-8-10-12-19-33-56(34-20-13-11-9-7-5-2)37-49-40(3)51(44-27-25-41(38-58)26-28-44)64-53(63-49)45-31-29-43(30-32-45)47-24-18-17-23-46(47)36-57-50(59)35-48(52(57)60)55-54(61)62-39-42-21-15-14-16-22-42/h14-18,21-32,40,48-49,51,53,58H,4-13,19-20,33-39H2,1-3H3,(H,55,61). The molecule has 0 spiro atoms. The van der Waals surface area contributed by atoms with Gasteiger partial charge in [-0.1, -0.05) is 188 Å². The van der Waals surface area contributed by atoms with Gasteiger partial charge in [0.15, 0.2) is 6.29 Å². The Hall–Kier alpha value is -4.87. The van der Waals surface area contributed by atoms with E-state index in [0.717, 1.165) is 58.6 Å². The lowest BCUT2D eigenvalue weighted by Gasteiger charge is -2.43. The molecule has 10 nitrogen and oxygen atoms in total. The number of carbonyl (C=O) groups excluding carboxylic acids is 3. The van der Waals surface area contributed by atoms with Gasteiger partial charge in [0.1, 0.15) is 12.6 Å². The summed E-state index contributed by atoms with van der Waals surface area (Å²) in [5.74, 6) is -0.720. The van der Waals surface area contributed by atoms with Gasteiger partial charge in [-0.2, -0.15) is 0 Å². The zero-order chi connectivity index (χ0) is 45.1. The molecule has 4 aromatic carbocycles. The normalized spacial score (nSPS) is 20.0. The number of hydrogen-bond donors (Lipinski definition) is 2. The van der Waals surface area contributed by atoms with E-state index in [1.54, 1.807) is 0 Å². The fourth-order valence-corrected chi connectivity index (χ4v) is 8.91. The van der Waals surface area contributed by atoms with Crippen LogP contribution in [0.4, 0.5) is 4.79 Å². The monoisotopic (exact) mass is 874 g/mol. The van der Waals surface area contributed by atoms with E-state index >= 15 is 0 Å². The van der Waals surface area contributed by atoms with Crippen molar-refractivity contribution in [2.24, 2.45) is 5.92 Å². The number of aliphatic hydroxyl groups excluding tert-OH is 1. The maximum Gasteiger partial charge on any atom is 0.408 e. The van der Waals surface area contributed by atoms with Gasteiger partial charge in [0.2, 0.25) is 5.91 Å². The summed E-state index contributed by atoms with van der Waals surface area (Å²) in [5.41, 5.74) is 6.30. The van der Waals surface area contributed by atoms with E-state index in [0.29, 0.717) is 0 Å². The van der Waals surface area contributed by atoms with Crippen molar-refractivity contribution in [2.75, 3.05) is 19.6 Å². The maximum absolute atomic E-state index is 13.5. The molecule has 2 saturated heterocycles. The second-order valence-electron chi connectivity index (χ2n) is 17.7. The molecule has 5 atom stereocenters. The Balaban J connectivity index is 1.15. The van der Waals surface area contributed by atoms with Crippen molar-refractivity contribution < 1.29 is 33.7 Å². The third-order valence-electron chi connectivity index (χ3n) is 12.8. The summed E-state index contributed by atoms with van der Waals surface area (Å²) in [6.45, 7) is 9.87. The smallest absolute Gasteiger partial charge is 0.408 e. The number of unbranched alkanes of at least 4 members (excludes halogenated alkanes) is 10. The molecule has 344 valence electrons. The molecular weight excluding hydrogens is 803 g/mol. The predicted molar refractivity (Wildman–Crippen MR) is 252 cm³/mol. The minimum Gasteiger partial charge on any atom is -0.445 e. The molecule has 3 amide bonds. The Kier molecular flexibility index (Phi) is 19.4. The van der Waals surface area contributed by atoms with Crippen LogP contribution < -0.4 is 5.32 Å². The molecule has 2 aliphatic heterocycles. The second kappa shape index (κ2) is 25.6. The van der Waals surface area contributed by atoms with Gasteiger partial charge in [0.05, 0.1) is 31.8 Å². The number of nitrogens with one attached hydrogen (secondary N) is 1. The lowest BCUT2D eigenvalue weighted by atomic mass is 9.89. The Bertz CT molecular complexity index is 2010. The van der Waals surface area contributed by atoms with Crippen LogP contribution in [0.15, 0.2) is 103 Å². The number of rotatable bonds is 25. The third kappa shape index (κ3) is 14.1. The van der Waals surface area contributed by atoms with Crippen molar-refractivity contribution in [3.8, 4) is 11.1 Å². The van der Waals surface area contributed by atoms with Crippen molar-refractivity contribution in [1.82, 2.24) is 15.1 Å². The molecule has 2 fully saturated rings. The highest BCUT2D eigenvalue weighted by molar-refractivity contribution is 6.06. The number of benzene rings is 4. The van der Waals surface area contributed by atoms with Gasteiger partial charge in [-0.15, -0.1) is 0 Å². The largest absolute Gasteiger partial charge is 0.445 e. The van der Waals surface area contributed by atoms with E-state index in [9.17, 15) is 19.5 Å². The number of hydrogen-bond acceptors (Lipinski definition) is 8. The van der Waals surface area contributed by atoms with Crippen LogP contribution in [0.2, 0.25) is 0 Å². The summed E-state index contributed by atoms with van der Waals surface area (Å²) < 4.78 is 19.1. The summed E-state index contributed by atoms with van der Waals surface area (Å²) in [6.07, 6.45) is 13.5. The van der Waals surface area contributed by atoms with Gasteiger partial charge in [-0.25, -0.2) is 4.79 Å². The average molecular weight is 874 g/mol. The van der Waals surface area contributed by atoms with Crippen LogP contribution in [0.1, 0.15) is 144 Å². The van der Waals surface area contributed by atoms with Gasteiger partial charge in [-0.3, -0.25) is 14.5 Å². The van der Waals surface area contributed by atoms with Crippen molar-refractivity contribution in [1.29, 1.82) is 0 Å². The molecule has 6 rings (SSSR count). The first-order valence-electron chi connectivity index (χ1n) is 24.0. The van der Waals surface area contributed by atoms with E-state index in [1.165, 1.54) is 81.9 Å². The van der Waals surface area contributed by atoms with Crippen molar-refractivity contribution in [2.45, 2.75) is 149 Å². The fourth-order valence-electron chi connectivity index (χ4n) is 8.91. The van der Waals surface area contributed by atoms with Crippen molar-refractivity contribution in [3.63, 3.8) is 0 Å². The van der Waals surface area contributed by atoms with E-state index in [2.05, 4.69) is 43.1 Å². The molecule has 5 unspecified atom stereocenters. The Morgan fingerprint density at radius 3 is 2.00 bits per heavy atom. The van der Waals surface area contributed by atoms with Crippen LogP contribution in [-0.2, 0) is 43.6 Å². The molecule has 2 aliphatic rings. The van der Waals surface area contributed by atoms with Gasteiger partial charge in [0.25, 0.3) is 5.91 Å². The third-order valence-corrected chi connectivity index (χ3v) is 12.8. The summed E-state index contributed by atoms with van der Waals surface area (Å²) >= 11 is 0. The van der Waals surface area contributed by atoms with Crippen LogP contribution in [0.5, 0.6) is 0 Å². The quantitative estimate of drug-likeness (QED) is 0.0499. The van der Waals surface area contributed by atoms with Crippen LogP contribution in [0.3, 0.4) is 0 Å². The molecule has 4 aromatic rings. The van der Waals surface area contributed by atoms with Crippen LogP contribution in [-0.4, -0.2) is 64.6 Å². The Morgan fingerprint density at radius 2 is 1.34 bits per heavy atom. The number of aliphatic hydroxyl groups is 1. The predicted octanol–water partition coefficient (Wildman–Crippen LogP) is 11.2. The van der Waals surface area contributed by atoms with E-state index < -0.39 is 24.3 Å². The minimum absolute atomic E-state index is 0.00850. The summed E-state index contributed by atoms with van der Waals surface area (Å²) in [6, 6.07) is 32.3. The zero-order valence-electron chi connectivity index (χ0n) is 38.4. The van der Waals surface area contributed by atoms with Crippen LogP contribution in [0, 0.1) is 5.92 Å². The number of amides is 3. The van der Waals surface area contributed by atoms with Crippen molar-refractivity contribution in [3.05, 3.63) is 131 Å². The summed E-state index contributed by atoms with van der Waals surface area (Å²) in [7, 11) is 0. The number of likely N-dealkylation sites (tertiary alicyclic amines) is 1. The molecule has 64 heavy (non-hydrogen) atoms. The van der Waals surface area contributed by atoms with E-state index in [1.807, 2.05) is 91.0 Å². The highest BCUT2D eigenvalue weighted by Crippen LogP contribution is 2.42. The summed E-state index contributed by atoms with van der Waals surface area (Å²) in [4.78, 5) is 43.1. The maximum atomic E-state index is 13.5. The molecule has 10 heteroatoms. The molecule has 0 radical (unpaired) electrons. The lowest BCUT2D eigenvalue weighted by molar-refractivity contribution is -0.276. The Labute approximate surface area is 381 Å². The van der Waals surface area contributed by atoms with Gasteiger partial charge in [0, 0.05) is 18.0 Å². The first-order valence-corrected chi connectivity index (χ1v) is 24.0. The Morgan fingerprint density at radius 1 is 0.734 bits per heavy atom. The molecule has 0 aliphatic carbocycles. The molecule has 0 bridgehead atoms. The molecule has 2 heterocycles. The summed E-state index contributed by atoms with van der Waals surface area (Å²) in [5, 5.41) is 12.4. The van der Waals surface area contributed by atoms with Crippen LogP contribution in [0.25, 0.3) is 11.1 Å². The SMILES string of the molecule is CCCCCCCCN(CCCCCCCC)CC1OC(c2ccc(-c3ccccc3CN3C(=O)CC(NC(=O)OCc4ccccc4)C3=O)cc2)OC(c2ccc(CO)cc2)C1C. The highest BCUT2D eigenvalue weighted by atomic mass is 16.7. The average Bonchev–Trinajstić information content (AvgIpc) is 3.58. The minimum atomic E-state index is -0.987. The molecule has 2 N–H and O–H groups in total. The topological polar surface area (TPSA) is 118 Å². The van der Waals surface area contributed by atoms with Gasteiger partial charge in [-0.05, 0) is 59.3 Å². The number of alkyl carbamates (subject to hydrolysis) is 1. The van der Waals surface area contributed by atoms with Gasteiger partial charge < -0.3 is 29.5 Å². The number of ether oxygens (including phenoxy) is 3. The van der Waals surface area contributed by atoms with Crippen LogP contribution >= 0.6 is 0 Å². The number of nitrogens with zero attached hydrogens (tertiary/aromatic N) is 2. The second-order valence-corrected chi connectivity index (χ2v) is 17.7. The number of carbonyl (C=O) groups is 3. The zero-order valence-corrected chi connectivity index (χ0v) is 38.4. The molecular formula is C54H71N3O7. The first kappa shape index (κ1) is 48.6. The molecule has 0 aromatic heterocycles.